The highest BCUT2D eigenvalue weighted by Crippen LogP contribution is 2.40. The zero-order chi connectivity index (χ0) is 15.1. The first kappa shape index (κ1) is 14.8. The second-order valence-electron chi connectivity index (χ2n) is 5.59. The van der Waals surface area contributed by atoms with Gasteiger partial charge in [-0.1, -0.05) is 13.8 Å². The molecule has 5 nitrogen and oxygen atoms in total. The number of aromatic nitrogens is 2. The molecule has 0 saturated heterocycles. The van der Waals surface area contributed by atoms with Crippen LogP contribution in [-0.4, -0.2) is 32.9 Å². The van der Waals surface area contributed by atoms with E-state index in [-0.39, 0.29) is 12.6 Å². The summed E-state index contributed by atoms with van der Waals surface area (Å²) in [5.74, 6) is -0.424. The fraction of sp³-hybridized carbons (Fsp3) is 0.667. The summed E-state index contributed by atoms with van der Waals surface area (Å²) >= 11 is 0. The summed E-state index contributed by atoms with van der Waals surface area (Å²) in [6, 6.07) is 0.646. The average Bonchev–Trinajstić information content (AvgIpc) is 2.77. The molecule has 0 spiro atoms. The van der Waals surface area contributed by atoms with E-state index in [4.69, 9.17) is 0 Å². The van der Waals surface area contributed by atoms with Gasteiger partial charge in [-0.05, 0) is 12.5 Å². The van der Waals surface area contributed by atoms with Crippen molar-refractivity contribution in [3.05, 3.63) is 18.0 Å². The van der Waals surface area contributed by atoms with Crippen LogP contribution in [0.4, 0.5) is 13.2 Å². The fourth-order valence-corrected chi connectivity index (χ4v) is 2.14. The van der Waals surface area contributed by atoms with Crippen molar-refractivity contribution in [1.82, 2.24) is 15.1 Å². The number of hydrogen-bond donors (Lipinski definition) is 2. The molecule has 2 rings (SSSR count). The van der Waals surface area contributed by atoms with Crippen LogP contribution in [0.15, 0.2) is 12.3 Å². The van der Waals surface area contributed by atoms with Crippen LogP contribution in [-0.2, 0) is 17.5 Å². The molecule has 1 aliphatic carbocycles. The second-order valence-corrected chi connectivity index (χ2v) is 5.59. The molecule has 0 aromatic carbocycles. The van der Waals surface area contributed by atoms with E-state index in [1.54, 1.807) is 0 Å². The molecule has 1 saturated carbocycles. The van der Waals surface area contributed by atoms with Gasteiger partial charge in [0.15, 0.2) is 5.69 Å². The molecule has 1 aromatic heterocycles. The van der Waals surface area contributed by atoms with E-state index in [0.717, 1.165) is 16.9 Å². The molecule has 2 N–H and O–H groups in total. The standard InChI is InChI=1S/C12H16F3N3O2/c1-11(2)8(5-9(11)19)16-10(20)6-18-4-3-7(17-18)12(13,14)15/h3-4,8-9,19H,5-6H2,1-2H3,(H,16,20). The molecule has 8 heteroatoms. The Morgan fingerprint density at radius 2 is 2.25 bits per heavy atom. The largest absolute Gasteiger partial charge is 0.435 e. The maximum Gasteiger partial charge on any atom is 0.435 e. The predicted molar refractivity (Wildman–Crippen MR) is 63.6 cm³/mol. The first-order valence-corrected chi connectivity index (χ1v) is 6.19. The average molecular weight is 291 g/mol. The van der Waals surface area contributed by atoms with Gasteiger partial charge >= 0.3 is 6.18 Å². The number of aliphatic hydroxyl groups excluding tert-OH is 1. The number of carbonyl (C=O) groups is 1. The summed E-state index contributed by atoms with van der Waals surface area (Å²) in [5, 5.41) is 15.5. The molecule has 2 atom stereocenters. The Hall–Kier alpha value is -1.57. The number of nitrogens with one attached hydrogen (secondary N) is 1. The van der Waals surface area contributed by atoms with E-state index < -0.39 is 29.3 Å². The lowest BCUT2D eigenvalue weighted by Crippen LogP contribution is -2.61. The normalized spacial score (nSPS) is 25.1. The van der Waals surface area contributed by atoms with Gasteiger partial charge in [-0.3, -0.25) is 9.48 Å². The van der Waals surface area contributed by atoms with E-state index in [9.17, 15) is 23.1 Å². The summed E-state index contributed by atoms with van der Waals surface area (Å²) in [6.45, 7) is 3.36. The van der Waals surface area contributed by atoms with E-state index >= 15 is 0 Å². The minimum atomic E-state index is -4.51. The number of rotatable bonds is 3. The van der Waals surface area contributed by atoms with Crippen LogP contribution in [0.1, 0.15) is 26.0 Å². The third-order valence-corrected chi connectivity index (χ3v) is 3.79. The number of alkyl halides is 3. The predicted octanol–water partition coefficient (Wildman–Crippen LogP) is 1.18. The van der Waals surface area contributed by atoms with E-state index in [1.165, 1.54) is 0 Å². The van der Waals surface area contributed by atoms with Gasteiger partial charge in [-0.25, -0.2) is 0 Å². The van der Waals surface area contributed by atoms with E-state index in [1.807, 2.05) is 13.8 Å². The van der Waals surface area contributed by atoms with Gasteiger partial charge in [0.25, 0.3) is 0 Å². The molecule has 20 heavy (non-hydrogen) atoms. The second kappa shape index (κ2) is 4.76. The van der Waals surface area contributed by atoms with Crippen molar-refractivity contribution in [2.24, 2.45) is 5.41 Å². The topological polar surface area (TPSA) is 67.2 Å². The van der Waals surface area contributed by atoms with Gasteiger partial charge in [0.1, 0.15) is 6.54 Å². The molecular formula is C12H16F3N3O2. The van der Waals surface area contributed by atoms with Crippen molar-refractivity contribution in [3.63, 3.8) is 0 Å². The Morgan fingerprint density at radius 3 is 2.70 bits per heavy atom. The number of halogens is 3. The first-order valence-electron chi connectivity index (χ1n) is 6.19. The number of aliphatic hydroxyl groups is 1. The van der Waals surface area contributed by atoms with Crippen molar-refractivity contribution in [2.45, 2.75) is 45.1 Å². The SMILES string of the molecule is CC1(C)C(O)CC1NC(=O)Cn1ccc(C(F)(F)F)n1. The Bertz CT molecular complexity index is 510. The fourth-order valence-electron chi connectivity index (χ4n) is 2.14. The van der Waals surface area contributed by atoms with Crippen molar-refractivity contribution < 1.29 is 23.1 Å². The molecule has 1 amide bonds. The Balaban J connectivity index is 1.91. The Kier molecular flexibility index (Phi) is 3.53. The zero-order valence-electron chi connectivity index (χ0n) is 11.1. The lowest BCUT2D eigenvalue weighted by molar-refractivity contribution is -0.142. The first-order chi connectivity index (χ1) is 9.10. The maximum absolute atomic E-state index is 12.4. The highest BCUT2D eigenvalue weighted by atomic mass is 19.4. The van der Waals surface area contributed by atoms with Crippen molar-refractivity contribution >= 4 is 5.91 Å². The minimum Gasteiger partial charge on any atom is -0.392 e. The molecule has 0 bridgehead atoms. The minimum absolute atomic E-state index is 0.178. The van der Waals surface area contributed by atoms with Crippen LogP contribution in [0.5, 0.6) is 0 Å². The summed E-state index contributed by atoms with van der Waals surface area (Å²) in [4.78, 5) is 11.7. The van der Waals surface area contributed by atoms with Crippen LogP contribution in [0, 0.1) is 5.41 Å². The number of hydrogen-bond acceptors (Lipinski definition) is 3. The smallest absolute Gasteiger partial charge is 0.392 e. The van der Waals surface area contributed by atoms with Crippen molar-refractivity contribution in [3.8, 4) is 0 Å². The Morgan fingerprint density at radius 1 is 1.60 bits per heavy atom. The van der Waals surface area contributed by atoms with Crippen LogP contribution >= 0.6 is 0 Å². The molecule has 1 heterocycles. The van der Waals surface area contributed by atoms with Crippen LogP contribution in [0.2, 0.25) is 0 Å². The van der Waals surface area contributed by atoms with Gasteiger partial charge in [-0.15, -0.1) is 0 Å². The van der Waals surface area contributed by atoms with Gasteiger partial charge in [0.05, 0.1) is 6.10 Å². The molecule has 1 fully saturated rings. The highest BCUT2D eigenvalue weighted by Gasteiger charge is 2.47. The quantitative estimate of drug-likeness (QED) is 0.878. The van der Waals surface area contributed by atoms with Gasteiger partial charge in [-0.2, -0.15) is 18.3 Å². The monoisotopic (exact) mass is 291 g/mol. The molecule has 112 valence electrons. The summed E-state index contributed by atoms with van der Waals surface area (Å²) < 4.78 is 38.0. The van der Waals surface area contributed by atoms with Crippen molar-refractivity contribution in [2.75, 3.05) is 0 Å². The number of nitrogens with zero attached hydrogens (tertiary/aromatic N) is 2. The zero-order valence-corrected chi connectivity index (χ0v) is 11.1. The lowest BCUT2D eigenvalue weighted by atomic mass is 9.64. The highest BCUT2D eigenvalue weighted by molar-refractivity contribution is 5.76. The molecule has 2 unspecified atom stereocenters. The van der Waals surface area contributed by atoms with E-state index in [0.29, 0.717) is 6.42 Å². The van der Waals surface area contributed by atoms with Crippen LogP contribution in [0.3, 0.4) is 0 Å². The lowest BCUT2D eigenvalue weighted by Gasteiger charge is -2.49. The van der Waals surface area contributed by atoms with Crippen LogP contribution < -0.4 is 5.32 Å². The Labute approximate surface area is 113 Å². The molecule has 0 aliphatic heterocycles. The van der Waals surface area contributed by atoms with Crippen molar-refractivity contribution in [1.29, 1.82) is 0 Å². The third kappa shape index (κ3) is 2.79. The van der Waals surface area contributed by atoms with Gasteiger partial charge in [0, 0.05) is 17.7 Å². The molecule has 1 aliphatic rings. The van der Waals surface area contributed by atoms with E-state index in [2.05, 4.69) is 10.4 Å². The molecular weight excluding hydrogens is 275 g/mol. The summed E-state index contributed by atoms with van der Waals surface area (Å²) in [5.41, 5.74) is -1.44. The summed E-state index contributed by atoms with van der Waals surface area (Å²) in [7, 11) is 0. The third-order valence-electron chi connectivity index (χ3n) is 3.79. The van der Waals surface area contributed by atoms with Gasteiger partial charge in [0.2, 0.25) is 5.91 Å². The number of carbonyl (C=O) groups excluding carboxylic acids is 1. The van der Waals surface area contributed by atoms with Crippen LogP contribution in [0.25, 0.3) is 0 Å². The number of amides is 1. The summed E-state index contributed by atoms with van der Waals surface area (Å²) in [6.07, 6.45) is -3.43. The maximum atomic E-state index is 12.4. The van der Waals surface area contributed by atoms with Gasteiger partial charge < -0.3 is 10.4 Å². The molecule has 0 radical (unpaired) electrons. The molecule has 1 aromatic rings.